The van der Waals surface area contributed by atoms with Gasteiger partial charge in [-0.15, -0.1) is 0 Å². The third-order valence-corrected chi connectivity index (χ3v) is 4.16. The second-order valence-electron chi connectivity index (χ2n) is 5.91. The van der Waals surface area contributed by atoms with E-state index in [9.17, 15) is 9.70 Å². The number of hydrogen-bond acceptors (Lipinski definition) is 3. The van der Waals surface area contributed by atoms with Crippen LogP contribution in [0.3, 0.4) is 0 Å². The molecule has 0 aliphatic rings. The molecule has 4 aromatic rings. The topological polar surface area (TPSA) is 86.7 Å². The normalized spacial score (nSPS) is 10.7. The minimum absolute atomic E-state index is 0.0828. The number of rotatable bonds is 4. The number of carbonyl (C=O) groups excluding carboxylic acids is 1. The number of nitrogens with one attached hydrogen (secondary N) is 1. The van der Waals surface area contributed by atoms with Crippen molar-refractivity contribution in [2.45, 2.75) is 0 Å². The van der Waals surface area contributed by atoms with Crippen LogP contribution in [0.1, 0.15) is 10.4 Å². The Kier molecular flexibility index (Phi) is 4.10. The maximum absolute atomic E-state index is 12.4. The zero-order valence-corrected chi connectivity index (χ0v) is 14.1. The minimum atomic E-state index is -0.485. The van der Waals surface area contributed by atoms with Gasteiger partial charge in [0, 0.05) is 29.7 Å². The average molecular weight is 359 g/mol. The van der Waals surface area contributed by atoms with Crippen LogP contribution in [-0.2, 0) is 0 Å². The van der Waals surface area contributed by atoms with E-state index in [1.54, 1.807) is 24.3 Å². The van der Waals surface area contributed by atoms with Gasteiger partial charge in [0.15, 0.2) is 0 Å². The number of hydrogen-bond donors (Lipinski definition) is 2. The number of para-hydroxylation sites is 1. The van der Waals surface area contributed by atoms with Gasteiger partial charge in [-0.25, -0.2) is 10.2 Å². The third kappa shape index (κ3) is 3.25. The highest BCUT2D eigenvalue weighted by molar-refractivity contribution is 6.07. The van der Waals surface area contributed by atoms with Crippen molar-refractivity contribution >= 4 is 22.9 Å². The summed E-state index contributed by atoms with van der Waals surface area (Å²) in [4.78, 5) is 27.8. The standard InChI is InChI=1S/C20H14N4O3/c25-20(16-5-1-2-6-18(16)24(26)27)21-15-10-8-14(9-11-15)17-13-23-12-4-3-7-19(23)22-17/h1-13H,(H-,21,25,26,27)/p+1. The van der Waals surface area contributed by atoms with Crippen molar-refractivity contribution in [3.05, 3.63) is 89.6 Å². The number of imidazole rings is 1. The zero-order valence-electron chi connectivity index (χ0n) is 14.1. The lowest BCUT2D eigenvalue weighted by molar-refractivity contribution is -0.729. The Bertz CT molecular complexity index is 1120. The van der Waals surface area contributed by atoms with Gasteiger partial charge in [0.25, 0.3) is 10.8 Å². The van der Waals surface area contributed by atoms with E-state index in [1.807, 2.05) is 47.1 Å². The Morgan fingerprint density at radius 3 is 2.48 bits per heavy atom. The maximum Gasteiger partial charge on any atom is 0.329 e. The van der Waals surface area contributed by atoms with Crippen LogP contribution in [0.15, 0.2) is 79.1 Å². The molecule has 132 valence electrons. The summed E-state index contributed by atoms with van der Waals surface area (Å²) in [7, 11) is 0. The van der Waals surface area contributed by atoms with Crippen molar-refractivity contribution in [3.8, 4) is 11.3 Å². The van der Waals surface area contributed by atoms with Crippen LogP contribution >= 0.6 is 0 Å². The number of pyridine rings is 1. The molecule has 1 amide bonds. The molecule has 7 heteroatoms. The zero-order chi connectivity index (χ0) is 18.8. The van der Waals surface area contributed by atoms with E-state index in [2.05, 4.69) is 10.3 Å². The van der Waals surface area contributed by atoms with E-state index in [4.69, 9.17) is 5.21 Å². The number of anilines is 1. The second kappa shape index (κ2) is 6.72. The van der Waals surface area contributed by atoms with Gasteiger partial charge < -0.3 is 9.72 Å². The number of benzene rings is 2. The lowest BCUT2D eigenvalue weighted by Gasteiger charge is -2.05. The second-order valence-corrected chi connectivity index (χ2v) is 5.91. The first-order valence-corrected chi connectivity index (χ1v) is 8.22. The largest absolute Gasteiger partial charge is 0.329 e. The third-order valence-electron chi connectivity index (χ3n) is 4.16. The molecular weight excluding hydrogens is 344 g/mol. The lowest BCUT2D eigenvalue weighted by atomic mass is 10.1. The summed E-state index contributed by atoms with van der Waals surface area (Å²) in [6, 6.07) is 19.0. The maximum atomic E-state index is 12.4. The highest BCUT2D eigenvalue weighted by atomic mass is 16.6. The molecule has 0 unspecified atom stereocenters. The molecule has 0 aliphatic heterocycles. The minimum Gasteiger partial charge on any atom is -0.322 e. The average Bonchev–Trinajstić information content (AvgIpc) is 3.12. The molecule has 0 bridgehead atoms. The van der Waals surface area contributed by atoms with Crippen molar-refractivity contribution in [1.29, 1.82) is 0 Å². The van der Waals surface area contributed by atoms with E-state index >= 15 is 0 Å². The van der Waals surface area contributed by atoms with Gasteiger partial charge in [0.2, 0.25) is 0 Å². The lowest BCUT2D eigenvalue weighted by Crippen LogP contribution is -2.14. The van der Waals surface area contributed by atoms with Crippen LogP contribution in [-0.4, -0.2) is 25.4 Å². The van der Waals surface area contributed by atoms with Crippen molar-refractivity contribution in [2.75, 3.05) is 5.32 Å². The first kappa shape index (κ1) is 16.5. The molecule has 0 saturated carbocycles. The summed E-state index contributed by atoms with van der Waals surface area (Å²) in [6.45, 7) is 0. The van der Waals surface area contributed by atoms with Gasteiger partial charge >= 0.3 is 5.69 Å². The van der Waals surface area contributed by atoms with Crippen LogP contribution in [0.25, 0.3) is 16.9 Å². The number of carbonyl (C=O) groups is 1. The summed E-state index contributed by atoms with van der Waals surface area (Å²) in [5.74, 6) is -0.485. The number of amides is 1. The molecular formula is C20H15N4O3+. The number of fused-ring (bicyclic) bond motifs is 1. The Balaban J connectivity index is 1.56. The fraction of sp³-hybridized carbons (Fsp3) is 0. The van der Waals surface area contributed by atoms with Gasteiger partial charge in [-0.1, -0.05) is 30.3 Å². The number of aromatic nitrogens is 2. The summed E-state index contributed by atoms with van der Waals surface area (Å²) in [5, 5.41) is 11.8. The van der Waals surface area contributed by atoms with Gasteiger partial charge in [0.1, 0.15) is 11.2 Å². The van der Waals surface area contributed by atoms with Gasteiger partial charge in [-0.3, -0.25) is 4.79 Å². The molecule has 2 aromatic carbocycles. The SMILES string of the molecule is O=C(Nc1ccc(-c2cn3ccccc3n2)cc1)c1ccccc1[N+](=O)O. The summed E-state index contributed by atoms with van der Waals surface area (Å²) in [6.07, 6.45) is 3.86. The molecule has 2 aromatic heterocycles. The van der Waals surface area contributed by atoms with Crippen LogP contribution in [0.5, 0.6) is 0 Å². The Labute approximate surface area is 154 Å². The Morgan fingerprint density at radius 2 is 1.74 bits per heavy atom. The summed E-state index contributed by atoms with van der Waals surface area (Å²) < 4.78 is 1.94. The van der Waals surface area contributed by atoms with E-state index in [0.717, 1.165) is 16.9 Å². The highest BCUT2D eigenvalue weighted by Gasteiger charge is 2.23. The molecule has 4 rings (SSSR count). The van der Waals surface area contributed by atoms with Gasteiger partial charge in [-0.2, -0.15) is 0 Å². The molecule has 0 radical (unpaired) electrons. The predicted octanol–water partition coefficient (Wildman–Crippen LogP) is 4.05. The van der Waals surface area contributed by atoms with E-state index in [0.29, 0.717) is 5.69 Å². The van der Waals surface area contributed by atoms with Crippen LogP contribution < -0.4 is 5.32 Å². The van der Waals surface area contributed by atoms with Crippen LogP contribution in [0, 0.1) is 4.91 Å². The molecule has 0 atom stereocenters. The fourth-order valence-electron chi connectivity index (χ4n) is 2.83. The summed E-state index contributed by atoms with van der Waals surface area (Å²) >= 11 is 0. The fourth-order valence-corrected chi connectivity index (χ4v) is 2.83. The summed E-state index contributed by atoms with van der Waals surface area (Å²) in [5.41, 5.74) is 3.13. The smallest absolute Gasteiger partial charge is 0.322 e. The van der Waals surface area contributed by atoms with Gasteiger partial charge in [-0.05, 0) is 30.3 Å². The van der Waals surface area contributed by atoms with Crippen molar-refractivity contribution in [3.63, 3.8) is 0 Å². The molecule has 2 N–H and O–H groups in total. The first-order chi connectivity index (χ1) is 13.1. The molecule has 0 aliphatic carbocycles. The molecule has 0 saturated heterocycles. The molecule has 2 heterocycles. The van der Waals surface area contributed by atoms with Crippen LogP contribution in [0.4, 0.5) is 11.4 Å². The number of nitrogens with zero attached hydrogens (tertiary/aromatic N) is 3. The highest BCUT2D eigenvalue weighted by Crippen LogP contribution is 2.23. The molecule has 7 nitrogen and oxygen atoms in total. The van der Waals surface area contributed by atoms with E-state index < -0.39 is 5.91 Å². The predicted molar refractivity (Wildman–Crippen MR) is 100 cm³/mol. The molecule has 0 fully saturated rings. The van der Waals surface area contributed by atoms with Gasteiger partial charge in [0.05, 0.1) is 10.6 Å². The Morgan fingerprint density at radius 1 is 1.00 bits per heavy atom. The quantitative estimate of drug-likeness (QED) is 0.538. The first-order valence-electron chi connectivity index (χ1n) is 8.22. The monoisotopic (exact) mass is 359 g/mol. The van der Waals surface area contributed by atoms with Crippen molar-refractivity contribution in [1.82, 2.24) is 9.38 Å². The van der Waals surface area contributed by atoms with Crippen molar-refractivity contribution in [2.24, 2.45) is 0 Å². The Hall–Kier alpha value is -4.00. The molecule has 27 heavy (non-hydrogen) atoms. The van der Waals surface area contributed by atoms with E-state index in [1.165, 1.54) is 12.1 Å². The van der Waals surface area contributed by atoms with Crippen molar-refractivity contribution < 1.29 is 14.9 Å². The van der Waals surface area contributed by atoms with Crippen LogP contribution in [0.2, 0.25) is 0 Å². The van der Waals surface area contributed by atoms with E-state index in [-0.39, 0.29) is 16.2 Å². The molecule has 0 spiro atoms.